The molecule has 0 bridgehead atoms. The number of carbonyl (C=O) groups excluding carboxylic acids is 3. The Labute approximate surface area is 199 Å². The van der Waals surface area contributed by atoms with E-state index in [1.54, 1.807) is 30.3 Å². The summed E-state index contributed by atoms with van der Waals surface area (Å²) in [6.07, 6.45) is 0. The third kappa shape index (κ3) is 4.48. The zero-order valence-electron chi connectivity index (χ0n) is 19.9. The number of rotatable bonds is 5. The van der Waals surface area contributed by atoms with E-state index in [1.807, 2.05) is 58.0 Å². The molecule has 1 aliphatic heterocycles. The first-order valence-corrected chi connectivity index (χ1v) is 11.1. The van der Waals surface area contributed by atoms with Gasteiger partial charge in [-0.15, -0.1) is 0 Å². The fraction of sp³-hybridized carbons (Fsp3) is 0.179. The van der Waals surface area contributed by atoms with Crippen molar-refractivity contribution in [2.45, 2.75) is 34.6 Å². The zero-order chi connectivity index (χ0) is 24.6. The van der Waals surface area contributed by atoms with E-state index >= 15 is 0 Å². The molecule has 1 aliphatic rings. The van der Waals surface area contributed by atoms with Crippen LogP contribution in [-0.4, -0.2) is 17.7 Å². The van der Waals surface area contributed by atoms with Gasteiger partial charge in [0.25, 0.3) is 11.8 Å². The largest absolute Gasteiger partial charge is 0.350 e. The average molecular weight is 454 g/mol. The summed E-state index contributed by atoms with van der Waals surface area (Å²) in [6, 6.07) is 18.5. The Morgan fingerprint density at radius 2 is 1.38 bits per heavy atom. The third-order valence-electron chi connectivity index (χ3n) is 5.66. The molecule has 2 N–H and O–H groups in total. The number of benzene rings is 3. The van der Waals surface area contributed by atoms with Gasteiger partial charge in [0, 0.05) is 18.3 Å². The van der Waals surface area contributed by atoms with Crippen molar-refractivity contribution in [1.29, 1.82) is 0 Å². The fourth-order valence-electron chi connectivity index (χ4n) is 4.30. The van der Waals surface area contributed by atoms with Crippen LogP contribution in [-0.2, 0) is 14.4 Å². The second-order valence-electron chi connectivity index (χ2n) is 8.75. The predicted molar refractivity (Wildman–Crippen MR) is 136 cm³/mol. The number of nitrogens with one attached hydrogen (secondary N) is 2. The van der Waals surface area contributed by atoms with Crippen molar-refractivity contribution in [3.63, 3.8) is 0 Å². The highest BCUT2D eigenvalue weighted by Gasteiger charge is 2.40. The summed E-state index contributed by atoms with van der Waals surface area (Å²) < 4.78 is 0. The molecule has 1 heterocycles. The molecule has 3 amide bonds. The van der Waals surface area contributed by atoms with Crippen molar-refractivity contribution >= 4 is 40.4 Å². The first-order valence-electron chi connectivity index (χ1n) is 11.1. The maximum absolute atomic E-state index is 13.7. The Morgan fingerprint density at radius 1 is 0.735 bits per heavy atom. The van der Waals surface area contributed by atoms with Gasteiger partial charge in [0.15, 0.2) is 0 Å². The predicted octanol–water partition coefficient (Wildman–Crippen LogP) is 5.28. The van der Waals surface area contributed by atoms with Gasteiger partial charge in [-0.1, -0.05) is 35.9 Å². The van der Waals surface area contributed by atoms with E-state index in [4.69, 9.17) is 0 Å². The van der Waals surface area contributed by atoms with E-state index in [1.165, 1.54) is 11.8 Å². The standard InChI is InChI=1S/C28H27N3O3/c1-16-6-11-24(19(4)13-16)31-27(33)25(21-7-9-22(10-8-21)29-20(5)32)26(28(31)34)30-23-14-17(2)12-18(3)15-23/h6-15,30H,1-5H3,(H,29,32). The minimum Gasteiger partial charge on any atom is -0.350 e. The number of carbonyl (C=O) groups is 3. The molecule has 34 heavy (non-hydrogen) atoms. The molecule has 0 unspecified atom stereocenters. The number of hydrogen-bond donors (Lipinski definition) is 2. The molecule has 3 aromatic carbocycles. The molecular formula is C28H27N3O3. The molecule has 0 aliphatic carbocycles. The van der Waals surface area contributed by atoms with Crippen LogP contribution in [0.2, 0.25) is 0 Å². The van der Waals surface area contributed by atoms with Crippen LogP contribution in [0.25, 0.3) is 5.57 Å². The van der Waals surface area contributed by atoms with Gasteiger partial charge in [0.05, 0.1) is 11.3 Å². The van der Waals surface area contributed by atoms with Gasteiger partial charge >= 0.3 is 0 Å². The first kappa shape index (κ1) is 23.0. The Hall–Kier alpha value is -4.19. The van der Waals surface area contributed by atoms with Crippen LogP contribution >= 0.6 is 0 Å². The van der Waals surface area contributed by atoms with Crippen LogP contribution < -0.4 is 15.5 Å². The number of hydrogen-bond acceptors (Lipinski definition) is 4. The molecule has 172 valence electrons. The minimum atomic E-state index is -0.406. The van der Waals surface area contributed by atoms with Gasteiger partial charge in [-0.2, -0.15) is 0 Å². The minimum absolute atomic E-state index is 0.183. The molecule has 6 nitrogen and oxygen atoms in total. The van der Waals surface area contributed by atoms with Crippen LogP contribution in [0.15, 0.2) is 66.4 Å². The van der Waals surface area contributed by atoms with Crippen LogP contribution in [0.4, 0.5) is 17.1 Å². The highest BCUT2D eigenvalue weighted by Crippen LogP contribution is 2.36. The van der Waals surface area contributed by atoms with E-state index in [2.05, 4.69) is 10.6 Å². The summed E-state index contributed by atoms with van der Waals surface area (Å²) in [6.45, 7) is 9.26. The molecule has 0 saturated heterocycles. The smallest absolute Gasteiger partial charge is 0.282 e. The quantitative estimate of drug-likeness (QED) is 0.516. The van der Waals surface area contributed by atoms with Gasteiger partial charge in [-0.25, -0.2) is 4.90 Å². The molecule has 0 spiro atoms. The monoisotopic (exact) mass is 453 g/mol. The van der Waals surface area contributed by atoms with Gasteiger partial charge < -0.3 is 10.6 Å². The summed E-state index contributed by atoms with van der Waals surface area (Å²) in [5.74, 6) is -0.981. The highest BCUT2D eigenvalue weighted by molar-refractivity contribution is 6.46. The number of imide groups is 1. The van der Waals surface area contributed by atoms with Crippen LogP contribution in [0, 0.1) is 27.7 Å². The molecular weight excluding hydrogens is 426 g/mol. The Balaban J connectivity index is 1.82. The Kier molecular flexibility index (Phi) is 6.07. The van der Waals surface area contributed by atoms with Gasteiger partial charge in [0.2, 0.25) is 5.91 Å². The highest BCUT2D eigenvalue weighted by atomic mass is 16.2. The van der Waals surface area contributed by atoms with E-state index in [9.17, 15) is 14.4 Å². The van der Waals surface area contributed by atoms with E-state index in [0.29, 0.717) is 22.5 Å². The number of aryl methyl sites for hydroxylation is 4. The lowest BCUT2D eigenvalue weighted by Crippen LogP contribution is -2.33. The van der Waals surface area contributed by atoms with Crippen molar-refractivity contribution in [3.8, 4) is 0 Å². The third-order valence-corrected chi connectivity index (χ3v) is 5.66. The van der Waals surface area contributed by atoms with Crippen molar-refractivity contribution in [1.82, 2.24) is 0 Å². The van der Waals surface area contributed by atoms with Gasteiger partial charge in [0.1, 0.15) is 5.70 Å². The summed E-state index contributed by atoms with van der Waals surface area (Å²) in [5, 5.41) is 5.95. The lowest BCUT2D eigenvalue weighted by molar-refractivity contribution is -0.120. The summed E-state index contributed by atoms with van der Waals surface area (Å²) >= 11 is 0. The van der Waals surface area contributed by atoms with Gasteiger partial charge in [-0.05, 0) is 80.3 Å². The molecule has 0 aromatic heterocycles. The second-order valence-corrected chi connectivity index (χ2v) is 8.75. The maximum atomic E-state index is 13.7. The summed E-state index contributed by atoms with van der Waals surface area (Å²) in [5.41, 5.74) is 7.01. The lowest BCUT2D eigenvalue weighted by Gasteiger charge is -2.18. The topological polar surface area (TPSA) is 78.5 Å². The fourth-order valence-corrected chi connectivity index (χ4v) is 4.30. The van der Waals surface area contributed by atoms with E-state index in [0.717, 1.165) is 27.9 Å². The molecule has 0 fully saturated rings. The van der Waals surface area contributed by atoms with Crippen LogP contribution in [0.1, 0.15) is 34.7 Å². The zero-order valence-corrected chi connectivity index (χ0v) is 19.9. The maximum Gasteiger partial charge on any atom is 0.282 e. The average Bonchev–Trinajstić information content (AvgIpc) is 2.97. The molecule has 0 saturated carbocycles. The molecule has 0 atom stereocenters. The molecule has 6 heteroatoms. The van der Waals surface area contributed by atoms with E-state index in [-0.39, 0.29) is 11.6 Å². The van der Waals surface area contributed by atoms with Crippen molar-refractivity contribution < 1.29 is 14.4 Å². The van der Waals surface area contributed by atoms with Crippen molar-refractivity contribution in [2.24, 2.45) is 0 Å². The molecule has 3 aromatic rings. The first-order chi connectivity index (χ1) is 16.1. The Morgan fingerprint density at radius 3 is 1.97 bits per heavy atom. The lowest BCUT2D eigenvalue weighted by atomic mass is 10.0. The van der Waals surface area contributed by atoms with Crippen LogP contribution in [0.5, 0.6) is 0 Å². The van der Waals surface area contributed by atoms with Crippen molar-refractivity contribution in [3.05, 3.63) is 94.2 Å². The normalized spacial score (nSPS) is 13.5. The molecule has 0 radical (unpaired) electrons. The van der Waals surface area contributed by atoms with Gasteiger partial charge in [-0.3, -0.25) is 14.4 Å². The summed E-state index contributed by atoms with van der Waals surface area (Å²) in [7, 11) is 0. The Bertz CT molecular complexity index is 1330. The van der Waals surface area contributed by atoms with Crippen LogP contribution in [0.3, 0.4) is 0 Å². The second kappa shape index (κ2) is 8.98. The number of nitrogens with zero attached hydrogens (tertiary/aromatic N) is 1. The molecule has 4 rings (SSSR count). The van der Waals surface area contributed by atoms with Crippen molar-refractivity contribution in [2.75, 3.05) is 15.5 Å². The number of anilines is 3. The SMILES string of the molecule is CC(=O)Nc1ccc(C2=C(Nc3cc(C)cc(C)c3)C(=O)N(c3ccc(C)cc3C)C2=O)cc1. The van der Waals surface area contributed by atoms with E-state index < -0.39 is 11.8 Å². The number of amides is 3. The summed E-state index contributed by atoms with van der Waals surface area (Å²) in [4.78, 5) is 40.0.